The normalized spacial score (nSPS) is 12.7. The molecule has 0 fully saturated rings. The number of methoxy groups -OCH3 is 1. The van der Waals surface area contributed by atoms with Gasteiger partial charge in [0.2, 0.25) is 0 Å². The minimum absolute atomic E-state index is 0.429. The Hall–Kier alpha value is -0.450. The fraction of sp³-hybridized carbons (Fsp3) is 0.545. The van der Waals surface area contributed by atoms with Crippen molar-refractivity contribution in [2.45, 2.75) is 18.9 Å². The number of pyridine rings is 1. The molecule has 84 valence electrons. The molecule has 1 aromatic rings. The molecule has 0 aliphatic carbocycles. The molecule has 1 unspecified atom stereocenters. The molecule has 0 aliphatic rings. The molecule has 0 saturated carbocycles. The van der Waals surface area contributed by atoms with E-state index in [0.717, 1.165) is 29.6 Å². The standard InChI is InChI=1S/C11H17BrN2O/c1-13-10(5-6-15-2)7-11-4-3-9(12)8-14-11/h3-4,8,10,13H,5-7H2,1-2H3. The molecule has 0 radical (unpaired) electrons. The van der Waals surface area contributed by atoms with Crippen LogP contribution in [0.15, 0.2) is 22.8 Å². The van der Waals surface area contributed by atoms with Gasteiger partial charge in [-0.15, -0.1) is 0 Å². The van der Waals surface area contributed by atoms with Crippen molar-refractivity contribution in [3.63, 3.8) is 0 Å². The predicted octanol–water partition coefficient (Wildman–Crippen LogP) is 2.01. The summed E-state index contributed by atoms with van der Waals surface area (Å²) in [5.41, 5.74) is 1.11. The summed E-state index contributed by atoms with van der Waals surface area (Å²) in [5.74, 6) is 0. The Morgan fingerprint density at radius 1 is 1.53 bits per heavy atom. The Morgan fingerprint density at radius 2 is 2.33 bits per heavy atom. The van der Waals surface area contributed by atoms with Gasteiger partial charge in [0.15, 0.2) is 0 Å². The molecule has 15 heavy (non-hydrogen) atoms. The number of ether oxygens (including phenoxy) is 1. The molecule has 1 N–H and O–H groups in total. The average molecular weight is 273 g/mol. The van der Waals surface area contributed by atoms with Gasteiger partial charge < -0.3 is 10.1 Å². The van der Waals surface area contributed by atoms with Crippen molar-refractivity contribution < 1.29 is 4.74 Å². The molecule has 4 heteroatoms. The number of likely N-dealkylation sites (N-methyl/N-ethyl adjacent to an activating group) is 1. The summed E-state index contributed by atoms with van der Waals surface area (Å²) >= 11 is 3.37. The minimum Gasteiger partial charge on any atom is -0.385 e. The van der Waals surface area contributed by atoms with E-state index in [4.69, 9.17) is 4.74 Å². The number of nitrogens with one attached hydrogen (secondary N) is 1. The van der Waals surface area contributed by atoms with Crippen LogP contribution in [0.4, 0.5) is 0 Å². The molecule has 1 rings (SSSR count). The third-order valence-corrected chi connectivity index (χ3v) is 2.79. The topological polar surface area (TPSA) is 34.1 Å². The smallest absolute Gasteiger partial charge is 0.0477 e. The monoisotopic (exact) mass is 272 g/mol. The van der Waals surface area contributed by atoms with Crippen LogP contribution in [0.5, 0.6) is 0 Å². The third kappa shape index (κ3) is 4.73. The van der Waals surface area contributed by atoms with Crippen LogP contribution in [-0.4, -0.2) is 31.8 Å². The van der Waals surface area contributed by atoms with Gasteiger partial charge in [-0.05, 0) is 41.5 Å². The van der Waals surface area contributed by atoms with Crippen LogP contribution in [0, 0.1) is 0 Å². The van der Waals surface area contributed by atoms with Gasteiger partial charge in [0.1, 0.15) is 0 Å². The van der Waals surface area contributed by atoms with E-state index >= 15 is 0 Å². The van der Waals surface area contributed by atoms with E-state index in [0.29, 0.717) is 6.04 Å². The van der Waals surface area contributed by atoms with E-state index in [2.05, 4.69) is 26.2 Å². The number of hydrogen-bond donors (Lipinski definition) is 1. The maximum atomic E-state index is 5.06. The highest BCUT2D eigenvalue weighted by molar-refractivity contribution is 9.10. The van der Waals surface area contributed by atoms with Gasteiger partial charge in [-0.25, -0.2) is 0 Å². The first-order chi connectivity index (χ1) is 7.26. The third-order valence-electron chi connectivity index (χ3n) is 2.32. The Labute approximate surface area is 99.4 Å². The van der Waals surface area contributed by atoms with Crippen molar-refractivity contribution in [2.24, 2.45) is 0 Å². The zero-order chi connectivity index (χ0) is 11.1. The number of halogens is 1. The highest BCUT2D eigenvalue weighted by Crippen LogP contribution is 2.09. The molecular weight excluding hydrogens is 256 g/mol. The molecule has 0 spiro atoms. The number of hydrogen-bond acceptors (Lipinski definition) is 3. The van der Waals surface area contributed by atoms with Gasteiger partial charge in [-0.1, -0.05) is 0 Å². The number of aromatic nitrogens is 1. The summed E-state index contributed by atoms with van der Waals surface area (Å²) in [6.45, 7) is 0.780. The maximum Gasteiger partial charge on any atom is 0.0477 e. The fourth-order valence-electron chi connectivity index (χ4n) is 1.39. The van der Waals surface area contributed by atoms with Crippen LogP contribution in [0.25, 0.3) is 0 Å². The Morgan fingerprint density at radius 3 is 2.87 bits per heavy atom. The van der Waals surface area contributed by atoms with Gasteiger partial charge in [-0.2, -0.15) is 0 Å². The van der Waals surface area contributed by atoms with Crippen molar-refractivity contribution in [3.8, 4) is 0 Å². The lowest BCUT2D eigenvalue weighted by atomic mass is 10.1. The molecule has 1 atom stereocenters. The minimum atomic E-state index is 0.429. The van der Waals surface area contributed by atoms with Gasteiger partial charge >= 0.3 is 0 Å². The lowest BCUT2D eigenvalue weighted by Gasteiger charge is -2.14. The molecule has 0 aliphatic heterocycles. The summed E-state index contributed by atoms with van der Waals surface area (Å²) in [6, 6.07) is 4.49. The summed E-state index contributed by atoms with van der Waals surface area (Å²) in [6.07, 6.45) is 3.77. The Balaban J connectivity index is 2.47. The molecular formula is C11H17BrN2O. The average Bonchev–Trinajstić information content (AvgIpc) is 2.27. The molecule has 0 aromatic carbocycles. The van der Waals surface area contributed by atoms with Crippen LogP contribution >= 0.6 is 15.9 Å². The van der Waals surface area contributed by atoms with Crippen LogP contribution in [-0.2, 0) is 11.2 Å². The second kappa shape index (κ2) is 6.93. The molecule has 0 saturated heterocycles. The SMILES string of the molecule is CNC(CCOC)Cc1ccc(Br)cn1. The van der Waals surface area contributed by atoms with Crippen LogP contribution < -0.4 is 5.32 Å². The van der Waals surface area contributed by atoms with Gasteiger partial charge in [0, 0.05) is 42.5 Å². The van der Waals surface area contributed by atoms with E-state index in [9.17, 15) is 0 Å². The van der Waals surface area contributed by atoms with E-state index in [-0.39, 0.29) is 0 Å². The summed E-state index contributed by atoms with van der Waals surface area (Å²) in [5, 5.41) is 3.27. The quantitative estimate of drug-likeness (QED) is 0.861. The largest absolute Gasteiger partial charge is 0.385 e. The van der Waals surface area contributed by atoms with Crippen LogP contribution in [0.2, 0.25) is 0 Å². The summed E-state index contributed by atoms with van der Waals surface area (Å²) in [4.78, 5) is 4.35. The van der Waals surface area contributed by atoms with Gasteiger partial charge in [0.05, 0.1) is 0 Å². The van der Waals surface area contributed by atoms with E-state index in [1.54, 1.807) is 7.11 Å². The van der Waals surface area contributed by atoms with Crippen molar-refractivity contribution in [3.05, 3.63) is 28.5 Å². The second-order valence-corrected chi connectivity index (χ2v) is 4.35. The van der Waals surface area contributed by atoms with Crippen LogP contribution in [0.1, 0.15) is 12.1 Å². The Bertz CT molecular complexity index is 276. The zero-order valence-electron chi connectivity index (χ0n) is 9.16. The number of rotatable bonds is 6. The molecule has 1 heterocycles. The first-order valence-corrected chi connectivity index (χ1v) is 5.82. The van der Waals surface area contributed by atoms with E-state index in [1.165, 1.54) is 0 Å². The van der Waals surface area contributed by atoms with Crippen LogP contribution in [0.3, 0.4) is 0 Å². The highest BCUT2D eigenvalue weighted by atomic mass is 79.9. The van der Waals surface area contributed by atoms with Crippen molar-refractivity contribution in [1.82, 2.24) is 10.3 Å². The molecule has 0 amide bonds. The summed E-state index contributed by atoms with van der Waals surface area (Å²) in [7, 11) is 3.70. The zero-order valence-corrected chi connectivity index (χ0v) is 10.8. The van der Waals surface area contributed by atoms with Crippen molar-refractivity contribution in [1.29, 1.82) is 0 Å². The highest BCUT2D eigenvalue weighted by Gasteiger charge is 2.07. The van der Waals surface area contributed by atoms with Gasteiger partial charge in [-0.3, -0.25) is 4.98 Å². The molecule has 1 aromatic heterocycles. The van der Waals surface area contributed by atoms with E-state index in [1.807, 2.05) is 25.4 Å². The molecule has 3 nitrogen and oxygen atoms in total. The second-order valence-electron chi connectivity index (χ2n) is 3.44. The summed E-state index contributed by atoms with van der Waals surface area (Å²) < 4.78 is 6.08. The van der Waals surface area contributed by atoms with Crippen molar-refractivity contribution >= 4 is 15.9 Å². The molecule has 0 bridgehead atoms. The van der Waals surface area contributed by atoms with E-state index < -0.39 is 0 Å². The van der Waals surface area contributed by atoms with Gasteiger partial charge in [0.25, 0.3) is 0 Å². The maximum absolute atomic E-state index is 5.06. The van der Waals surface area contributed by atoms with Crippen molar-refractivity contribution in [2.75, 3.05) is 20.8 Å². The lowest BCUT2D eigenvalue weighted by Crippen LogP contribution is -2.29. The lowest BCUT2D eigenvalue weighted by molar-refractivity contribution is 0.183. The Kier molecular flexibility index (Phi) is 5.83. The predicted molar refractivity (Wildman–Crippen MR) is 65.0 cm³/mol. The first-order valence-electron chi connectivity index (χ1n) is 5.03. The first kappa shape index (κ1) is 12.6. The number of nitrogens with zero attached hydrogens (tertiary/aromatic N) is 1. The fourth-order valence-corrected chi connectivity index (χ4v) is 1.62.